The molecule has 0 aromatic heterocycles. The van der Waals surface area contributed by atoms with Gasteiger partial charge in [-0.25, -0.2) is 4.39 Å². The zero-order chi connectivity index (χ0) is 7.82. The molecule has 0 aromatic carbocycles. The fraction of sp³-hybridized carbons (Fsp3) is 0.833. The van der Waals surface area contributed by atoms with E-state index in [0.717, 1.165) is 0 Å². The Hall–Kier alpha value is -0.690. The second-order valence-electron chi connectivity index (χ2n) is 1.80. The normalized spacial score (nSPS) is 12.5. The summed E-state index contributed by atoms with van der Waals surface area (Å²) in [6, 6.07) is 1.28. The number of halogens is 2. The van der Waals surface area contributed by atoms with Crippen LogP contribution in [-0.2, 0) is 0 Å². The lowest BCUT2D eigenvalue weighted by Crippen LogP contribution is -2.29. The van der Waals surface area contributed by atoms with Gasteiger partial charge in [-0.15, -0.1) is 0 Å². The average molecular weight is 148 g/mol. The van der Waals surface area contributed by atoms with Gasteiger partial charge in [0.05, 0.1) is 18.8 Å². The predicted octanol–water partition coefficient (Wildman–Crippen LogP) is 0.797. The Morgan fingerprint density at radius 3 is 2.50 bits per heavy atom. The molecule has 4 heteroatoms. The summed E-state index contributed by atoms with van der Waals surface area (Å²) in [5, 5.41) is 10.8. The average Bonchev–Trinajstić information content (AvgIpc) is 1.98. The smallest absolute Gasteiger partial charge is 0.102 e. The first-order chi connectivity index (χ1) is 4.85. The molecule has 1 N–H and O–H groups in total. The summed E-state index contributed by atoms with van der Waals surface area (Å²) in [5.74, 6) is 0. The van der Waals surface area contributed by atoms with E-state index in [1.807, 2.05) is 6.07 Å². The van der Waals surface area contributed by atoms with Gasteiger partial charge >= 0.3 is 0 Å². The van der Waals surface area contributed by atoms with Crippen LogP contribution in [0.25, 0.3) is 0 Å². The van der Waals surface area contributed by atoms with Crippen molar-refractivity contribution < 1.29 is 8.78 Å². The molecule has 0 aliphatic carbocycles. The monoisotopic (exact) mass is 148 g/mol. The standard InChI is InChI=1S/C6H10F2N2/c7-2-1-6(5-9)10-4-3-8/h6,10H,1-4H2/t6-/m0/s1. The Bertz CT molecular complexity index is 111. The maximum atomic E-state index is 11.6. The Morgan fingerprint density at radius 2 is 2.10 bits per heavy atom. The first-order valence-corrected chi connectivity index (χ1v) is 3.10. The van der Waals surface area contributed by atoms with Crippen molar-refractivity contribution in [1.82, 2.24) is 5.32 Å². The summed E-state index contributed by atoms with van der Waals surface area (Å²) in [7, 11) is 0. The highest BCUT2D eigenvalue weighted by Gasteiger charge is 2.03. The van der Waals surface area contributed by atoms with Crippen LogP contribution in [0.2, 0.25) is 0 Å². The van der Waals surface area contributed by atoms with Crippen molar-refractivity contribution in [2.24, 2.45) is 0 Å². The lowest BCUT2D eigenvalue weighted by Gasteiger charge is -2.05. The molecular formula is C6H10F2N2. The zero-order valence-corrected chi connectivity index (χ0v) is 5.61. The van der Waals surface area contributed by atoms with Crippen LogP contribution < -0.4 is 5.32 Å². The summed E-state index contributed by atoms with van der Waals surface area (Å²) in [6.45, 7) is -0.944. The Morgan fingerprint density at radius 1 is 1.40 bits per heavy atom. The quantitative estimate of drug-likeness (QED) is 0.625. The Balaban J connectivity index is 3.33. The zero-order valence-electron chi connectivity index (χ0n) is 5.61. The van der Waals surface area contributed by atoms with Crippen LogP contribution in [0.5, 0.6) is 0 Å². The second kappa shape index (κ2) is 6.43. The molecule has 0 aromatic rings. The minimum absolute atomic E-state index is 0.123. The highest BCUT2D eigenvalue weighted by Crippen LogP contribution is 1.89. The molecule has 0 aliphatic heterocycles. The van der Waals surface area contributed by atoms with E-state index in [4.69, 9.17) is 5.26 Å². The molecular weight excluding hydrogens is 138 g/mol. The first-order valence-electron chi connectivity index (χ1n) is 3.10. The van der Waals surface area contributed by atoms with Crippen molar-refractivity contribution >= 4 is 0 Å². The van der Waals surface area contributed by atoms with E-state index in [1.165, 1.54) is 0 Å². The topological polar surface area (TPSA) is 35.8 Å². The minimum Gasteiger partial charge on any atom is -0.299 e. The second-order valence-corrected chi connectivity index (χ2v) is 1.80. The van der Waals surface area contributed by atoms with Crippen LogP contribution in [-0.4, -0.2) is 25.9 Å². The number of nitrogens with zero attached hydrogens (tertiary/aromatic N) is 1. The lowest BCUT2D eigenvalue weighted by atomic mass is 10.2. The van der Waals surface area contributed by atoms with Gasteiger partial charge in [-0.2, -0.15) is 5.26 Å². The molecule has 58 valence electrons. The molecule has 2 nitrogen and oxygen atoms in total. The molecule has 0 heterocycles. The fourth-order valence-electron chi connectivity index (χ4n) is 0.550. The summed E-state index contributed by atoms with van der Waals surface area (Å²) >= 11 is 0. The third-order valence-electron chi connectivity index (χ3n) is 1.04. The van der Waals surface area contributed by atoms with Gasteiger partial charge in [0.2, 0.25) is 0 Å². The van der Waals surface area contributed by atoms with Gasteiger partial charge in [0, 0.05) is 13.0 Å². The number of nitrogens with one attached hydrogen (secondary N) is 1. The highest BCUT2D eigenvalue weighted by atomic mass is 19.1. The molecule has 0 saturated heterocycles. The maximum Gasteiger partial charge on any atom is 0.102 e. The number of hydrogen-bond acceptors (Lipinski definition) is 2. The molecule has 0 unspecified atom stereocenters. The molecule has 1 atom stereocenters. The van der Waals surface area contributed by atoms with Crippen LogP contribution in [0.15, 0.2) is 0 Å². The largest absolute Gasteiger partial charge is 0.299 e. The van der Waals surface area contributed by atoms with Gasteiger partial charge in [-0.3, -0.25) is 9.71 Å². The molecule has 0 bridgehead atoms. The van der Waals surface area contributed by atoms with Crippen molar-refractivity contribution in [3.8, 4) is 6.07 Å². The van der Waals surface area contributed by atoms with E-state index in [-0.39, 0.29) is 13.0 Å². The maximum absolute atomic E-state index is 11.6. The van der Waals surface area contributed by atoms with E-state index >= 15 is 0 Å². The number of hydrogen-bond donors (Lipinski definition) is 1. The molecule has 0 rings (SSSR count). The SMILES string of the molecule is N#C[C@H](CCF)NCCF. The number of nitriles is 1. The summed E-state index contributed by atoms with van der Waals surface area (Å²) in [4.78, 5) is 0. The van der Waals surface area contributed by atoms with Gasteiger partial charge in [0.25, 0.3) is 0 Å². The van der Waals surface area contributed by atoms with Gasteiger partial charge in [0.15, 0.2) is 0 Å². The summed E-state index contributed by atoms with van der Waals surface area (Å²) < 4.78 is 23.0. The molecule has 0 radical (unpaired) electrons. The lowest BCUT2D eigenvalue weighted by molar-refractivity contribution is 0.407. The third kappa shape index (κ3) is 4.21. The van der Waals surface area contributed by atoms with Crippen LogP contribution in [0.4, 0.5) is 8.78 Å². The predicted molar refractivity (Wildman–Crippen MR) is 34.0 cm³/mol. The Labute approximate surface area is 58.8 Å². The molecule has 10 heavy (non-hydrogen) atoms. The van der Waals surface area contributed by atoms with Crippen LogP contribution in [0.3, 0.4) is 0 Å². The molecule has 0 fully saturated rings. The van der Waals surface area contributed by atoms with Gasteiger partial charge < -0.3 is 0 Å². The van der Waals surface area contributed by atoms with E-state index in [0.29, 0.717) is 0 Å². The third-order valence-corrected chi connectivity index (χ3v) is 1.04. The molecule has 0 saturated carbocycles. The molecule has 0 spiro atoms. The van der Waals surface area contributed by atoms with Crippen molar-refractivity contribution in [2.75, 3.05) is 19.9 Å². The summed E-state index contributed by atoms with van der Waals surface area (Å²) in [6.07, 6.45) is 0.135. The highest BCUT2D eigenvalue weighted by molar-refractivity contribution is 4.88. The van der Waals surface area contributed by atoms with Gasteiger partial charge in [-0.05, 0) is 0 Å². The van der Waals surface area contributed by atoms with E-state index in [2.05, 4.69) is 5.32 Å². The van der Waals surface area contributed by atoms with E-state index in [1.54, 1.807) is 0 Å². The van der Waals surface area contributed by atoms with Gasteiger partial charge in [-0.1, -0.05) is 0 Å². The van der Waals surface area contributed by atoms with Crippen molar-refractivity contribution in [3.63, 3.8) is 0 Å². The Kier molecular flexibility index (Phi) is 5.99. The fourth-order valence-corrected chi connectivity index (χ4v) is 0.550. The summed E-state index contributed by atoms with van der Waals surface area (Å²) in [5.41, 5.74) is 0. The van der Waals surface area contributed by atoms with Crippen LogP contribution in [0, 0.1) is 11.3 Å². The van der Waals surface area contributed by atoms with Gasteiger partial charge in [0.1, 0.15) is 6.67 Å². The van der Waals surface area contributed by atoms with Crippen LogP contribution in [0.1, 0.15) is 6.42 Å². The van der Waals surface area contributed by atoms with E-state index < -0.39 is 19.4 Å². The molecule has 0 amide bonds. The minimum atomic E-state index is -0.544. The molecule has 0 aliphatic rings. The number of rotatable bonds is 5. The van der Waals surface area contributed by atoms with Crippen molar-refractivity contribution in [2.45, 2.75) is 12.5 Å². The van der Waals surface area contributed by atoms with E-state index in [9.17, 15) is 8.78 Å². The first kappa shape index (κ1) is 9.31. The van der Waals surface area contributed by atoms with Crippen LogP contribution >= 0.6 is 0 Å². The number of alkyl halides is 2. The van der Waals surface area contributed by atoms with Crippen molar-refractivity contribution in [3.05, 3.63) is 0 Å². The van der Waals surface area contributed by atoms with Crippen molar-refractivity contribution in [1.29, 1.82) is 5.26 Å².